The number of alkyl halides is 1. The number of para-hydroxylation sites is 1. The van der Waals surface area contributed by atoms with Crippen molar-refractivity contribution in [2.45, 2.75) is 17.9 Å². The molecule has 2 atom stereocenters. The monoisotopic (exact) mass is 274 g/mol. The fourth-order valence-corrected chi connectivity index (χ4v) is 2.66. The summed E-state index contributed by atoms with van der Waals surface area (Å²) >= 11 is 6.53. The summed E-state index contributed by atoms with van der Waals surface area (Å²) in [4.78, 5) is 0. The van der Waals surface area contributed by atoms with Crippen molar-refractivity contribution in [1.29, 1.82) is 0 Å². The number of fused-ring (bicyclic) bond motifs is 1. The lowest BCUT2D eigenvalue weighted by Gasteiger charge is -2.17. The lowest BCUT2D eigenvalue weighted by atomic mass is 10.0. The average Bonchev–Trinajstić information content (AvgIpc) is 2.90. The second-order valence-electron chi connectivity index (χ2n) is 4.64. The van der Waals surface area contributed by atoms with Crippen molar-refractivity contribution in [2.75, 3.05) is 7.11 Å². The summed E-state index contributed by atoms with van der Waals surface area (Å²) in [5, 5.41) is -0.154. The van der Waals surface area contributed by atoms with Crippen LogP contribution in [0.25, 0.3) is 0 Å². The number of ether oxygens (including phenoxy) is 2. The molecule has 3 rings (SSSR count). The quantitative estimate of drug-likeness (QED) is 0.788. The molecule has 2 aromatic rings. The van der Waals surface area contributed by atoms with E-state index in [1.807, 2.05) is 42.5 Å². The molecule has 0 amide bonds. The van der Waals surface area contributed by atoms with Gasteiger partial charge < -0.3 is 9.47 Å². The molecule has 1 heterocycles. The molecule has 0 saturated heterocycles. The summed E-state index contributed by atoms with van der Waals surface area (Å²) in [7, 11) is 1.66. The molecule has 0 aliphatic carbocycles. The van der Waals surface area contributed by atoms with Gasteiger partial charge in [-0.05, 0) is 29.3 Å². The summed E-state index contributed by atoms with van der Waals surface area (Å²) < 4.78 is 11.1. The molecule has 0 N–H and O–H groups in total. The van der Waals surface area contributed by atoms with Gasteiger partial charge in [0.15, 0.2) is 0 Å². The number of hydrogen-bond donors (Lipinski definition) is 0. The Labute approximate surface area is 117 Å². The molecule has 0 aromatic heterocycles. The minimum atomic E-state index is -0.154. The maximum atomic E-state index is 6.53. The maximum absolute atomic E-state index is 6.53. The van der Waals surface area contributed by atoms with Crippen LogP contribution >= 0.6 is 11.6 Å². The van der Waals surface area contributed by atoms with Crippen LogP contribution in [0.3, 0.4) is 0 Å². The van der Waals surface area contributed by atoms with Gasteiger partial charge in [0.2, 0.25) is 0 Å². The fourth-order valence-electron chi connectivity index (χ4n) is 2.37. The van der Waals surface area contributed by atoms with Gasteiger partial charge in [-0.1, -0.05) is 30.3 Å². The Morgan fingerprint density at radius 1 is 1.16 bits per heavy atom. The summed E-state index contributed by atoms with van der Waals surface area (Å²) in [6.07, 6.45) is 0.851. The zero-order chi connectivity index (χ0) is 13.2. The molecule has 0 bridgehead atoms. The third-order valence-electron chi connectivity index (χ3n) is 3.43. The van der Waals surface area contributed by atoms with E-state index in [0.717, 1.165) is 23.5 Å². The van der Waals surface area contributed by atoms with Crippen molar-refractivity contribution in [3.8, 4) is 11.5 Å². The van der Waals surface area contributed by atoms with E-state index < -0.39 is 0 Å². The van der Waals surface area contributed by atoms with Crippen molar-refractivity contribution in [3.05, 3.63) is 59.7 Å². The Hall–Kier alpha value is -1.67. The minimum absolute atomic E-state index is 0.00698. The molecule has 2 aromatic carbocycles. The predicted molar refractivity (Wildman–Crippen MR) is 76.2 cm³/mol. The molecular weight excluding hydrogens is 260 g/mol. The molecule has 2 unspecified atom stereocenters. The van der Waals surface area contributed by atoms with E-state index in [9.17, 15) is 0 Å². The first kappa shape index (κ1) is 12.4. The summed E-state index contributed by atoms with van der Waals surface area (Å²) in [5.41, 5.74) is 2.28. The number of rotatable bonds is 3. The Kier molecular flexibility index (Phi) is 3.34. The number of halogens is 1. The molecule has 2 nitrogen and oxygen atoms in total. The first-order valence-corrected chi connectivity index (χ1v) is 6.74. The van der Waals surface area contributed by atoms with Gasteiger partial charge in [-0.25, -0.2) is 0 Å². The minimum Gasteiger partial charge on any atom is -0.497 e. The number of methoxy groups -OCH3 is 1. The molecule has 0 saturated carbocycles. The van der Waals surface area contributed by atoms with E-state index in [-0.39, 0.29) is 11.5 Å². The van der Waals surface area contributed by atoms with Crippen LogP contribution < -0.4 is 9.47 Å². The smallest absolute Gasteiger partial charge is 0.123 e. The number of benzene rings is 2. The van der Waals surface area contributed by atoms with Gasteiger partial charge in [-0.15, -0.1) is 11.6 Å². The molecule has 98 valence electrons. The lowest BCUT2D eigenvalue weighted by Crippen LogP contribution is -2.19. The van der Waals surface area contributed by atoms with Crippen molar-refractivity contribution < 1.29 is 9.47 Å². The average molecular weight is 275 g/mol. The van der Waals surface area contributed by atoms with E-state index in [2.05, 4.69) is 6.07 Å². The van der Waals surface area contributed by atoms with Crippen molar-refractivity contribution in [2.24, 2.45) is 0 Å². The standard InChI is InChI=1S/C16H15ClO2/c1-18-13-8-6-11(7-9-13)16(17)15-10-12-4-2-3-5-14(12)19-15/h2-9,15-16H,10H2,1H3. The molecule has 1 aliphatic heterocycles. The highest BCUT2D eigenvalue weighted by molar-refractivity contribution is 6.21. The topological polar surface area (TPSA) is 18.5 Å². The Morgan fingerprint density at radius 3 is 2.58 bits per heavy atom. The van der Waals surface area contributed by atoms with Gasteiger partial charge in [0, 0.05) is 6.42 Å². The fraction of sp³-hybridized carbons (Fsp3) is 0.250. The predicted octanol–water partition coefficient (Wildman–Crippen LogP) is 3.98. The van der Waals surface area contributed by atoms with E-state index in [4.69, 9.17) is 21.1 Å². The van der Waals surface area contributed by atoms with Crippen LogP contribution in [0.1, 0.15) is 16.5 Å². The van der Waals surface area contributed by atoms with E-state index >= 15 is 0 Å². The van der Waals surface area contributed by atoms with Gasteiger partial charge in [-0.2, -0.15) is 0 Å². The van der Waals surface area contributed by atoms with Crippen molar-refractivity contribution in [3.63, 3.8) is 0 Å². The van der Waals surface area contributed by atoms with Gasteiger partial charge >= 0.3 is 0 Å². The Balaban J connectivity index is 1.77. The van der Waals surface area contributed by atoms with Crippen LogP contribution in [0.4, 0.5) is 0 Å². The normalized spacial score (nSPS) is 18.5. The first-order chi connectivity index (χ1) is 9.28. The van der Waals surface area contributed by atoms with Crippen LogP contribution in [-0.4, -0.2) is 13.2 Å². The zero-order valence-corrected chi connectivity index (χ0v) is 11.4. The van der Waals surface area contributed by atoms with E-state index in [0.29, 0.717) is 0 Å². The van der Waals surface area contributed by atoms with Crippen LogP contribution in [0, 0.1) is 0 Å². The third kappa shape index (κ3) is 2.41. The van der Waals surface area contributed by atoms with Gasteiger partial charge in [0.1, 0.15) is 17.6 Å². The molecule has 0 radical (unpaired) electrons. The molecule has 0 fully saturated rings. The Bertz CT molecular complexity index is 540. The second kappa shape index (κ2) is 5.14. The van der Waals surface area contributed by atoms with E-state index in [1.165, 1.54) is 5.56 Å². The SMILES string of the molecule is COc1ccc(C(Cl)C2Cc3ccccc3O2)cc1. The summed E-state index contributed by atoms with van der Waals surface area (Å²) in [6, 6.07) is 15.9. The molecule has 0 spiro atoms. The summed E-state index contributed by atoms with van der Waals surface area (Å²) in [6.45, 7) is 0. The van der Waals surface area contributed by atoms with Crippen molar-refractivity contribution >= 4 is 11.6 Å². The van der Waals surface area contributed by atoms with Crippen molar-refractivity contribution in [1.82, 2.24) is 0 Å². The zero-order valence-electron chi connectivity index (χ0n) is 10.7. The van der Waals surface area contributed by atoms with Crippen LogP contribution in [0.2, 0.25) is 0 Å². The number of hydrogen-bond acceptors (Lipinski definition) is 2. The highest BCUT2D eigenvalue weighted by Crippen LogP contribution is 2.37. The van der Waals surface area contributed by atoms with Gasteiger partial charge in [-0.3, -0.25) is 0 Å². The Morgan fingerprint density at radius 2 is 1.89 bits per heavy atom. The molecule has 3 heteroatoms. The van der Waals surface area contributed by atoms with Crippen LogP contribution in [-0.2, 0) is 6.42 Å². The molecule has 1 aliphatic rings. The first-order valence-electron chi connectivity index (χ1n) is 6.30. The van der Waals surface area contributed by atoms with Crippen LogP contribution in [0.5, 0.6) is 11.5 Å². The highest BCUT2D eigenvalue weighted by Gasteiger charge is 2.29. The molecule has 19 heavy (non-hydrogen) atoms. The summed E-state index contributed by atoms with van der Waals surface area (Å²) in [5.74, 6) is 1.79. The van der Waals surface area contributed by atoms with Gasteiger partial charge in [0.25, 0.3) is 0 Å². The maximum Gasteiger partial charge on any atom is 0.123 e. The van der Waals surface area contributed by atoms with Gasteiger partial charge in [0.05, 0.1) is 12.5 Å². The largest absolute Gasteiger partial charge is 0.497 e. The van der Waals surface area contributed by atoms with Crippen LogP contribution in [0.15, 0.2) is 48.5 Å². The molecular formula is C16H15ClO2. The van der Waals surface area contributed by atoms with E-state index in [1.54, 1.807) is 7.11 Å². The second-order valence-corrected chi connectivity index (χ2v) is 5.11. The third-order valence-corrected chi connectivity index (χ3v) is 3.97. The lowest BCUT2D eigenvalue weighted by molar-refractivity contribution is 0.227. The highest BCUT2D eigenvalue weighted by atomic mass is 35.5.